The zero-order chi connectivity index (χ0) is 12.7. The van der Waals surface area contributed by atoms with E-state index >= 15 is 0 Å². The summed E-state index contributed by atoms with van der Waals surface area (Å²) in [4.78, 5) is 0. The summed E-state index contributed by atoms with van der Waals surface area (Å²) in [5.41, 5.74) is 0. The zero-order valence-corrected chi connectivity index (χ0v) is 11.4. The quantitative estimate of drug-likeness (QED) is 0.678. The lowest BCUT2D eigenvalue weighted by atomic mass is 10.0. The number of aliphatic hydroxyl groups excluding tert-OH is 1. The third-order valence-corrected chi connectivity index (χ3v) is 4.77. The predicted molar refractivity (Wildman–Crippen MR) is 67.8 cm³/mol. The minimum absolute atomic E-state index is 0.121. The lowest BCUT2D eigenvalue weighted by Crippen LogP contribution is -2.41. The van der Waals surface area contributed by atoms with Crippen LogP contribution in [0.5, 0.6) is 0 Å². The molecule has 0 spiro atoms. The van der Waals surface area contributed by atoms with E-state index < -0.39 is 10.2 Å². The first-order chi connectivity index (χ1) is 8.10. The van der Waals surface area contributed by atoms with Crippen molar-refractivity contribution in [2.75, 3.05) is 26.2 Å². The topological polar surface area (TPSA) is 69.6 Å². The van der Waals surface area contributed by atoms with E-state index in [9.17, 15) is 8.42 Å². The average Bonchev–Trinajstić information content (AvgIpc) is 2.81. The van der Waals surface area contributed by atoms with Gasteiger partial charge in [0.05, 0.1) is 0 Å². The molecule has 1 saturated heterocycles. The fourth-order valence-electron chi connectivity index (χ4n) is 2.18. The van der Waals surface area contributed by atoms with Crippen LogP contribution in [0.3, 0.4) is 0 Å². The first-order valence-electron chi connectivity index (χ1n) is 6.45. The maximum atomic E-state index is 11.9. The summed E-state index contributed by atoms with van der Waals surface area (Å²) in [6.45, 7) is 3.89. The van der Waals surface area contributed by atoms with Gasteiger partial charge >= 0.3 is 0 Å². The van der Waals surface area contributed by atoms with Crippen molar-refractivity contribution in [2.45, 2.75) is 39.0 Å². The van der Waals surface area contributed by atoms with E-state index in [0.717, 1.165) is 25.7 Å². The molecule has 0 aromatic carbocycles. The monoisotopic (exact) mass is 264 g/mol. The van der Waals surface area contributed by atoms with Crippen molar-refractivity contribution < 1.29 is 13.5 Å². The van der Waals surface area contributed by atoms with Gasteiger partial charge in [0.1, 0.15) is 0 Å². The molecule has 2 N–H and O–H groups in total. The Kier molecular flexibility index (Phi) is 6.40. The Morgan fingerprint density at radius 3 is 2.47 bits per heavy atom. The molecular weight excluding hydrogens is 240 g/mol. The number of hydrogen-bond acceptors (Lipinski definition) is 3. The van der Waals surface area contributed by atoms with Crippen molar-refractivity contribution in [3.05, 3.63) is 0 Å². The van der Waals surface area contributed by atoms with Crippen molar-refractivity contribution >= 4 is 10.2 Å². The van der Waals surface area contributed by atoms with Gasteiger partial charge in [-0.25, -0.2) is 4.72 Å². The van der Waals surface area contributed by atoms with Gasteiger partial charge in [0.25, 0.3) is 10.2 Å². The summed E-state index contributed by atoms with van der Waals surface area (Å²) in [6, 6.07) is 0. The van der Waals surface area contributed by atoms with Crippen LogP contribution in [0.25, 0.3) is 0 Å². The first kappa shape index (κ1) is 14.9. The van der Waals surface area contributed by atoms with Gasteiger partial charge < -0.3 is 5.11 Å². The van der Waals surface area contributed by atoms with Crippen LogP contribution in [0.1, 0.15) is 39.0 Å². The molecule has 1 fully saturated rings. The lowest BCUT2D eigenvalue weighted by Gasteiger charge is -2.20. The van der Waals surface area contributed by atoms with Crippen LogP contribution >= 0.6 is 0 Å². The Labute approximate surface area is 104 Å². The van der Waals surface area contributed by atoms with Gasteiger partial charge in [0.15, 0.2) is 0 Å². The van der Waals surface area contributed by atoms with Crippen LogP contribution in [0, 0.1) is 5.92 Å². The van der Waals surface area contributed by atoms with Gasteiger partial charge in [-0.15, -0.1) is 0 Å². The summed E-state index contributed by atoms with van der Waals surface area (Å²) in [5, 5.41) is 8.92. The normalized spacial score (nSPS) is 19.6. The SMILES string of the molecule is CCCC(CCO)CNS(=O)(=O)N1CCCC1. The molecular formula is C11H24N2O3S. The molecule has 1 heterocycles. The molecule has 17 heavy (non-hydrogen) atoms. The third-order valence-electron chi connectivity index (χ3n) is 3.19. The van der Waals surface area contributed by atoms with E-state index in [1.54, 1.807) is 0 Å². The second-order valence-corrected chi connectivity index (χ2v) is 6.38. The molecule has 1 atom stereocenters. The predicted octanol–water partition coefficient (Wildman–Crippen LogP) is 0.715. The molecule has 1 aliphatic rings. The van der Waals surface area contributed by atoms with Crippen molar-refractivity contribution in [1.29, 1.82) is 0 Å². The largest absolute Gasteiger partial charge is 0.396 e. The fraction of sp³-hybridized carbons (Fsp3) is 1.00. The number of nitrogens with one attached hydrogen (secondary N) is 1. The molecule has 1 unspecified atom stereocenters. The Balaban J connectivity index is 2.40. The zero-order valence-electron chi connectivity index (χ0n) is 10.6. The molecule has 1 aliphatic heterocycles. The summed E-state index contributed by atoms with van der Waals surface area (Å²) in [5.74, 6) is 0.238. The minimum atomic E-state index is -3.29. The van der Waals surface area contributed by atoms with Crippen LogP contribution < -0.4 is 4.72 Å². The number of nitrogens with zero attached hydrogens (tertiary/aromatic N) is 1. The van der Waals surface area contributed by atoms with Gasteiger partial charge in [0, 0.05) is 26.2 Å². The van der Waals surface area contributed by atoms with Crippen LogP contribution in [0.15, 0.2) is 0 Å². The molecule has 0 saturated carbocycles. The maximum absolute atomic E-state index is 11.9. The van der Waals surface area contributed by atoms with E-state index in [1.807, 2.05) is 0 Å². The van der Waals surface area contributed by atoms with Gasteiger partial charge in [-0.3, -0.25) is 0 Å². The van der Waals surface area contributed by atoms with Crippen LogP contribution in [0.4, 0.5) is 0 Å². The average molecular weight is 264 g/mol. The molecule has 1 rings (SSSR count). The maximum Gasteiger partial charge on any atom is 0.279 e. The molecule has 0 aromatic heterocycles. The summed E-state index contributed by atoms with van der Waals surface area (Å²) >= 11 is 0. The first-order valence-corrected chi connectivity index (χ1v) is 7.89. The summed E-state index contributed by atoms with van der Waals surface area (Å²) < 4.78 is 28.0. The van der Waals surface area contributed by atoms with Gasteiger partial charge in [-0.2, -0.15) is 12.7 Å². The van der Waals surface area contributed by atoms with Crippen LogP contribution in [-0.2, 0) is 10.2 Å². The van der Waals surface area contributed by atoms with Crippen molar-refractivity contribution in [3.63, 3.8) is 0 Å². The highest BCUT2D eigenvalue weighted by atomic mass is 32.2. The van der Waals surface area contributed by atoms with E-state index in [4.69, 9.17) is 5.11 Å². The number of aliphatic hydroxyl groups is 1. The van der Waals surface area contributed by atoms with Crippen LogP contribution in [-0.4, -0.2) is 44.1 Å². The second-order valence-electron chi connectivity index (χ2n) is 4.63. The minimum Gasteiger partial charge on any atom is -0.396 e. The van der Waals surface area contributed by atoms with Crippen molar-refractivity contribution in [3.8, 4) is 0 Å². The van der Waals surface area contributed by atoms with Crippen LogP contribution in [0.2, 0.25) is 0 Å². The Hall–Kier alpha value is -0.170. The second kappa shape index (κ2) is 7.31. The van der Waals surface area contributed by atoms with Crippen molar-refractivity contribution in [1.82, 2.24) is 9.03 Å². The molecule has 6 heteroatoms. The summed E-state index contributed by atoms with van der Waals surface area (Å²) in [7, 11) is -3.29. The highest BCUT2D eigenvalue weighted by molar-refractivity contribution is 7.87. The highest BCUT2D eigenvalue weighted by Crippen LogP contribution is 2.13. The van der Waals surface area contributed by atoms with E-state index in [1.165, 1.54) is 4.31 Å². The van der Waals surface area contributed by atoms with E-state index in [-0.39, 0.29) is 12.5 Å². The molecule has 0 bridgehead atoms. The Morgan fingerprint density at radius 2 is 1.94 bits per heavy atom. The molecule has 0 aliphatic carbocycles. The summed E-state index contributed by atoms with van der Waals surface area (Å²) in [6.07, 6.45) is 4.53. The molecule has 0 aromatic rings. The van der Waals surface area contributed by atoms with Gasteiger partial charge in [-0.1, -0.05) is 13.3 Å². The smallest absolute Gasteiger partial charge is 0.279 e. The Morgan fingerprint density at radius 1 is 1.29 bits per heavy atom. The molecule has 5 nitrogen and oxygen atoms in total. The molecule has 102 valence electrons. The van der Waals surface area contributed by atoms with Gasteiger partial charge in [0.2, 0.25) is 0 Å². The molecule has 0 radical (unpaired) electrons. The standard InChI is InChI=1S/C11H24N2O3S/c1-2-5-11(6-9-14)10-12-17(15,16)13-7-3-4-8-13/h11-12,14H,2-10H2,1H3. The van der Waals surface area contributed by atoms with E-state index in [2.05, 4.69) is 11.6 Å². The fourth-order valence-corrected chi connectivity index (χ4v) is 3.55. The third kappa shape index (κ3) is 4.91. The molecule has 0 amide bonds. The number of rotatable bonds is 8. The number of hydrogen-bond donors (Lipinski definition) is 2. The van der Waals surface area contributed by atoms with Crippen molar-refractivity contribution in [2.24, 2.45) is 5.92 Å². The van der Waals surface area contributed by atoms with Gasteiger partial charge in [-0.05, 0) is 31.6 Å². The highest BCUT2D eigenvalue weighted by Gasteiger charge is 2.25. The Bertz CT molecular complexity index is 294. The van der Waals surface area contributed by atoms with E-state index in [0.29, 0.717) is 26.1 Å². The lowest BCUT2D eigenvalue weighted by molar-refractivity contribution is 0.251.